The average Bonchev–Trinajstić information content (AvgIpc) is 1.85. The smallest absolute Gasteiger partial charge is 0.181 e. The fraction of sp³-hybridized carbons (Fsp3) is 0.375. The number of hydrogen-bond donors (Lipinski definition) is 1. The molecule has 0 aliphatic heterocycles. The second-order valence-corrected chi connectivity index (χ2v) is 2.79. The molecule has 0 saturated heterocycles. The summed E-state index contributed by atoms with van der Waals surface area (Å²) in [5.41, 5.74) is 1.00. The SMILES string of the molecule is CN(C)Cc1cc(=O)cc[nH]1. The molecule has 0 spiro atoms. The number of pyridine rings is 1. The predicted molar refractivity (Wildman–Crippen MR) is 44.5 cm³/mol. The molecule has 60 valence electrons. The Morgan fingerprint density at radius 2 is 2.27 bits per heavy atom. The van der Waals surface area contributed by atoms with Crippen molar-refractivity contribution < 1.29 is 0 Å². The topological polar surface area (TPSA) is 36.1 Å². The summed E-state index contributed by atoms with van der Waals surface area (Å²) in [5, 5.41) is 0. The average molecular weight is 152 g/mol. The summed E-state index contributed by atoms with van der Waals surface area (Å²) < 4.78 is 0. The van der Waals surface area contributed by atoms with Gasteiger partial charge in [0.2, 0.25) is 0 Å². The molecular formula is C8H12N2O. The molecule has 3 nitrogen and oxygen atoms in total. The fourth-order valence-electron chi connectivity index (χ4n) is 0.924. The molecule has 0 saturated carbocycles. The predicted octanol–water partition coefficient (Wildman–Crippen LogP) is 0.436. The van der Waals surface area contributed by atoms with E-state index in [4.69, 9.17) is 0 Å². The summed E-state index contributed by atoms with van der Waals surface area (Å²) in [6, 6.07) is 3.12. The summed E-state index contributed by atoms with van der Waals surface area (Å²) in [7, 11) is 3.93. The molecule has 1 heterocycles. The van der Waals surface area contributed by atoms with Gasteiger partial charge in [0.25, 0.3) is 0 Å². The number of nitrogens with one attached hydrogen (secondary N) is 1. The Balaban J connectivity index is 2.80. The second kappa shape index (κ2) is 3.34. The van der Waals surface area contributed by atoms with E-state index in [0.29, 0.717) is 0 Å². The van der Waals surface area contributed by atoms with Crippen LogP contribution >= 0.6 is 0 Å². The highest BCUT2D eigenvalue weighted by atomic mass is 16.1. The van der Waals surface area contributed by atoms with E-state index in [1.165, 1.54) is 6.07 Å². The molecule has 1 N–H and O–H groups in total. The van der Waals surface area contributed by atoms with Crippen LogP contribution in [0.25, 0.3) is 0 Å². The Kier molecular flexibility index (Phi) is 2.44. The minimum Gasteiger partial charge on any atom is -0.364 e. The normalized spacial score (nSPS) is 10.5. The molecule has 0 bridgehead atoms. The minimum absolute atomic E-state index is 0.0561. The minimum atomic E-state index is 0.0561. The zero-order chi connectivity index (χ0) is 8.27. The number of rotatable bonds is 2. The third kappa shape index (κ3) is 2.55. The van der Waals surface area contributed by atoms with Gasteiger partial charge in [0.1, 0.15) is 0 Å². The lowest BCUT2D eigenvalue weighted by Crippen LogP contribution is -2.13. The molecule has 0 aromatic carbocycles. The van der Waals surface area contributed by atoms with Gasteiger partial charge >= 0.3 is 0 Å². The van der Waals surface area contributed by atoms with Gasteiger partial charge in [-0.1, -0.05) is 0 Å². The van der Waals surface area contributed by atoms with Crippen molar-refractivity contribution in [2.45, 2.75) is 6.54 Å². The Hall–Kier alpha value is -1.09. The van der Waals surface area contributed by atoms with Crippen molar-refractivity contribution in [2.75, 3.05) is 14.1 Å². The summed E-state index contributed by atoms with van der Waals surface area (Å²) in [6.07, 6.45) is 1.67. The highest BCUT2D eigenvalue weighted by Gasteiger charge is 1.93. The van der Waals surface area contributed by atoms with Crippen molar-refractivity contribution in [1.82, 2.24) is 9.88 Å². The Labute approximate surface area is 65.7 Å². The Morgan fingerprint density at radius 1 is 1.55 bits per heavy atom. The van der Waals surface area contributed by atoms with Crippen LogP contribution in [0.4, 0.5) is 0 Å². The van der Waals surface area contributed by atoms with Crippen molar-refractivity contribution >= 4 is 0 Å². The van der Waals surface area contributed by atoms with Crippen LogP contribution in [0.15, 0.2) is 23.1 Å². The van der Waals surface area contributed by atoms with E-state index in [1.807, 2.05) is 19.0 Å². The zero-order valence-electron chi connectivity index (χ0n) is 6.79. The summed E-state index contributed by atoms with van der Waals surface area (Å²) in [6.45, 7) is 0.774. The number of aromatic nitrogens is 1. The van der Waals surface area contributed by atoms with Crippen LogP contribution in [-0.4, -0.2) is 24.0 Å². The molecule has 3 heteroatoms. The van der Waals surface area contributed by atoms with Gasteiger partial charge in [-0.15, -0.1) is 0 Å². The van der Waals surface area contributed by atoms with E-state index < -0.39 is 0 Å². The van der Waals surface area contributed by atoms with Gasteiger partial charge in [0.05, 0.1) is 0 Å². The van der Waals surface area contributed by atoms with E-state index in [1.54, 1.807) is 12.3 Å². The van der Waals surface area contributed by atoms with Crippen molar-refractivity contribution in [1.29, 1.82) is 0 Å². The fourth-order valence-corrected chi connectivity index (χ4v) is 0.924. The van der Waals surface area contributed by atoms with Crippen LogP contribution in [0.2, 0.25) is 0 Å². The van der Waals surface area contributed by atoms with Gasteiger partial charge in [-0.3, -0.25) is 4.79 Å². The number of H-pyrrole nitrogens is 1. The molecule has 1 rings (SSSR count). The number of nitrogens with zero attached hydrogens (tertiary/aromatic N) is 1. The van der Waals surface area contributed by atoms with E-state index in [-0.39, 0.29) is 5.43 Å². The zero-order valence-corrected chi connectivity index (χ0v) is 6.79. The first kappa shape index (κ1) is 8.01. The van der Waals surface area contributed by atoms with E-state index in [9.17, 15) is 4.79 Å². The maximum Gasteiger partial charge on any atom is 0.181 e. The largest absolute Gasteiger partial charge is 0.364 e. The van der Waals surface area contributed by atoms with Gasteiger partial charge in [-0.25, -0.2) is 0 Å². The van der Waals surface area contributed by atoms with Crippen molar-refractivity contribution in [2.24, 2.45) is 0 Å². The van der Waals surface area contributed by atoms with E-state index >= 15 is 0 Å². The summed E-state index contributed by atoms with van der Waals surface area (Å²) in [5.74, 6) is 0. The first-order valence-corrected chi connectivity index (χ1v) is 3.51. The summed E-state index contributed by atoms with van der Waals surface area (Å²) >= 11 is 0. The monoisotopic (exact) mass is 152 g/mol. The molecule has 11 heavy (non-hydrogen) atoms. The molecule has 0 radical (unpaired) electrons. The summed E-state index contributed by atoms with van der Waals surface area (Å²) in [4.78, 5) is 15.8. The van der Waals surface area contributed by atoms with E-state index in [2.05, 4.69) is 4.98 Å². The lowest BCUT2D eigenvalue weighted by Gasteiger charge is -2.07. The molecule has 0 atom stereocenters. The first-order chi connectivity index (χ1) is 5.18. The molecule has 0 aliphatic rings. The molecule has 1 aromatic heterocycles. The molecular weight excluding hydrogens is 140 g/mol. The van der Waals surface area contributed by atoms with Gasteiger partial charge in [0.15, 0.2) is 5.43 Å². The van der Waals surface area contributed by atoms with E-state index in [0.717, 1.165) is 12.2 Å². The van der Waals surface area contributed by atoms with Crippen LogP contribution in [0.1, 0.15) is 5.69 Å². The molecule has 0 aliphatic carbocycles. The highest BCUT2D eigenvalue weighted by Crippen LogP contribution is 1.91. The Bertz CT molecular complexity index is 277. The standard InChI is InChI=1S/C8H12N2O/c1-10(2)6-7-5-8(11)3-4-9-7/h3-5H,6H2,1-2H3,(H,9,11). The lowest BCUT2D eigenvalue weighted by molar-refractivity contribution is 0.396. The van der Waals surface area contributed by atoms with Gasteiger partial charge in [-0.2, -0.15) is 0 Å². The van der Waals surface area contributed by atoms with Crippen LogP contribution in [-0.2, 0) is 6.54 Å². The highest BCUT2D eigenvalue weighted by molar-refractivity contribution is 5.03. The quantitative estimate of drug-likeness (QED) is 0.667. The molecule has 1 aromatic rings. The van der Waals surface area contributed by atoms with Crippen LogP contribution < -0.4 is 5.43 Å². The Morgan fingerprint density at radius 3 is 2.82 bits per heavy atom. The number of hydrogen-bond acceptors (Lipinski definition) is 2. The van der Waals surface area contributed by atoms with Gasteiger partial charge in [0, 0.05) is 30.6 Å². The second-order valence-electron chi connectivity index (χ2n) is 2.79. The van der Waals surface area contributed by atoms with Crippen LogP contribution in [0.3, 0.4) is 0 Å². The lowest BCUT2D eigenvalue weighted by atomic mass is 10.3. The van der Waals surface area contributed by atoms with Crippen molar-refractivity contribution in [3.05, 3.63) is 34.2 Å². The molecule has 0 unspecified atom stereocenters. The number of aromatic amines is 1. The van der Waals surface area contributed by atoms with Crippen LogP contribution in [0, 0.1) is 0 Å². The van der Waals surface area contributed by atoms with Crippen molar-refractivity contribution in [3.63, 3.8) is 0 Å². The maximum atomic E-state index is 10.8. The molecule has 0 amide bonds. The molecule has 0 fully saturated rings. The maximum absolute atomic E-state index is 10.8. The van der Waals surface area contributed by atoms with Crippen molar-refractivity contribution in [3.8, 4) is 0 Å². The van der Waals surface area contributed by atoms with Gasteiger partial charge in [-0.05, 0) is 14.1 Å². The third-order valence-electron chi connectivity index (χ3n) is 1.32. The first-order valence-electron chi connectivity index (χ1n) is 3.51. The third-order valence-corrected chi connectivity index (χ3v) is 1.32. The van der Waals surface area contributed by atoms with Crippen LogP contribution in [0.5, 0.6) is 0 Å². The van der Waals surface area contributed by atoms with Gasteiger partial charge < -0.3 is 9.88 Å².